The Kier molecular flexibility index (Phi) is 4.20. The predicted octanol–water partition coefficient (Wildman–Crippen LogP) is 2.79. The van der Waals surface area contributed by atoms with Crippen LogP contribution in [0.1, 0.15) is 19.3 Å². The van der Waals surface area contributed by atoms with Gasteiger partial charge < -0.3 is 9.88 Å². The van der Waals surface area contributed by atoms with Crippen LogP contribution in [0.2, 0.25) is 0 Å². The molecule has 2 heterocycles. The smallest absolute Gasteiger partial charge is 0.154 e. The van der Waals surface area contributed by atoms with Crippen molar-refractivity contribution in [2.24, 2.45) is 7.05 Å². The molecule has 0 aliphatic carbocycles. The van der Waals surface area contributed by atoms with Gasteiger partial charge in [-0.3, -0.25) is 0 Å². The summed E-state index contributed by atoms with van der Waals surface area (Å²) in [5.74, 6) is 1.61. The molecule has 0 atom stereocenters. The maximum absolute atomic E-state index is 5.63. The fourth-order valence-corrected chi connectivity index (χ4v) is 1.98. The van der Waals surface area contributed by atoms with E-state index >= 15 is 0 Å². The summed E-state index contributed by atoms with van der Waals surface area (Å²) >= 11 is 5.63. The van der Waals surface area contributed by atoms with Crippen LogP contribution in [0, 0.1) is 0 Å². The summed E-state index contributed by atoms with van der Waals surface area (Å²) in [6.45, 7) is 0.916. The Labute approximate surface area is 106 Å². The van der Waals surface area contributed by atoms with Gasteiger partial charge in [0.25, 0.3) is 0 Å². The zero-order valence-corrected chi connectivity index (χ0v) is 10.7. The number of rotatable bonds is 6. The quantitative estimate of drug-likeness (QED) is 0.635. The lowest BCUT2D eigenvalue weighted by molar-refractivity contribution is 0.746. The molecule has 0 saturated carbocycles. The minimum absolute atomic E-state index is 0.744. The first-order valence-electron chi connectivity index (χ1n) is 5.89. The number of alkyl halides is 1. The molecule has 5 heteroatoms. The third kappa shape index (κ3) is 2.88. The summed E-state index contributed by atoms with van der Waals surface area (Å²) in [6.07, 6.45) is 6.95. The van der Waals surface area contributed by atoms with Gasteiger partial charge in [0.05, 0.1) is 11.8 Å². The van der Waals surface area contributed by atoms with Crippen molar-refractivity contribution in [1.29, 1.82) is 0 Å². The number of aromatic nitrogens is 3. The van der Waals surface area contributed by atoms with Crippen LogP contribution in [-0.4, -0.2) is 27.0 Å². The Morgan fingerprint density at radius 1 is 1.29 bits per heavy atom. The number of imidazole rings is 1. The summed E-state index contributed by atoms with van der Waals surface area (Å²) in [6, 6.07) is 1.97. The maximum atomic E-state index is 5.63. The zero-order chi connectivity index (χ0) is 12.1. The average molecular weight is 253 g/mol. The minimum atomic E-state index is 0.744. The van der Waals surface area contributed by atoms with E-state index in [4.69, 9.17) is 11.6 Å². The number of hydrogen-bond donors (Lipinski definition) is 1. The highest BCUT2D eigenvalue weighted by Gasteiger charge is 2.05. The number of hydrogen-bond acceptors (Lipinski definition) is 3. The largest absolute Gasteiger partial charge is 0.368 e. The van der Waals surface area contributed by atoms with Crippen LogP contribution >= 0.6 is 11.6 Å². The number of fused-ring (bicyclic) bond motifs is 1. The highest BCUT2D eigenvalue weighted by molar-refractivity contribution is 6.17. The topological polar surface area (TPSA) is 42.7 Å². The van der Waals surface area contributed by atoms with Crippen molar-refractivity contribution < 1.29 is 0 Å². The van der Waals surface area contributed by atoms with E-state index in [1.54, 1.807) is 0 Å². The molecule has 0 amide bonds. The van der Waals surface area contributed by atoms with Gasteiger partial charge in [-0.15, -0.1) is 11.6 Å². The van der Waals surface area contributed by atoms with E-state index in [1.165, 1.54) is 0 Å². The van der Waals surface area contributed by atoms with Gasteiger partial charge in [0.2, 0.25) is 0 Å². The zero-order valence-electron chi connectivity index (χ0n) is 9.99. The van der Waals surface area contributed by atoms with Crippen LogP contribution in [0.5, 0.6) is 0 Å². The molecule has 0 aliphatic heterocycles. The van der Waals surface area contributed by atoms with Crippen molar-refractivity contribution in [1.82, 2.24) is 14.5 Å². The minimum Gasteiger partial charge on any atom is -0.368 e. The molecular formula is C12H17ClN4. The van der Waals surface area contributed by atoms with Gasteiger partial charge in [-0.2, -0.15) is 0 Å². The molecule has 2 rings (SSSR count). The summed E-state index contributed by atoms with van der Waals surface area (Å²) in [5.41, 5.74) is 2.04. The number of halogens is 1. The fraction of sp³-hybridized carbons (Fsp3) is 0.500. The van der Waals surface area contributed by atoms with Crippen molar-refractivity contribution in [3.05, 3.63) is 18.6 Å². The number of aryl methyl sites for hydroxylation is 1. The van der Waals surface area contributed by atoms with Gasteiger partial charge >= 0.3 is 0 Å². The lowest BCUT2D eigenvalue weighted by Gasteiger charge is -2.05. The van der Waals surface area contributed by atoms with Crippen LogP contribution < -0.4 is 5.32 Å². The van der Waals surface area contributed by atoms with Crippen LogP contribution in [0.3, 0.4) is 0 Å². The van der Waals surface area contributed by atoms with Crippen molar-refractivity contribution >= 4 is 28.5 Å². The van der Waals surface area contributed by atoms with Gasteiger partial charge in [0.1, 0.15) is 5.52 Å². The molecule has 0 fully saturated rings. The molecule has 17 heavy (non-hydrogen) atoms. The van der Waals surface area contributed by atoms with E-state index in [-0.39, 0.29) is 0 Å². The first kappa shape index (κ1) is 12.2. The molecule has 0 aliphatic rings. The second kappa shape index (κ2) is 5.87. The van der Waals surface area contributed by atoms with Crippen molar-refractivity contribution in [3.8, 4) is 0 Å². The molecule has 4 nitrogen and oxygen atoms in total. The lowest BCUT2D eigenvalue weighted by atomic mass is 10.2. The number of pyridine rings is 1. The monoisotopic (exact) mass is 252 g/mol. The van der Waals surface area contributed by atoms with Crippen LogP contribution in [0.4, 0.5) is 5.82 Å². The van der Waals surface area contributed by atoms with Crippen molar-refractivity contribution in [2.75, 3.05) is 17.7 Å². The third-order valence-corrected chi connectivity index (χ3v) is 3.01. The molecule has 0 aromatic carbocycles. The molecule has 0 bridgehead atoms. The fourth-order valence-electron chi connectivity index (χ4n) is 1.79. The lowest BCUT2D eigenvalue weighted by Crippen LogP contribution is -2.04. The van der Waals surface area contributed by atoms with Crippen molar-refractivity contribution in [3.63, 3.8) is 0 Å². The third-order valence-electron chi connectivity index (χ3n) is 2.75. The molecular weight excluding hydrogens is 236 g/mol. The normalized spacial score (nSPS) is 10.9. The van der Waals surface area contributed by atoms with Crippen LogP contribution in [0.15, 0.2) is 18.6 Å². The van der Waals surface area contributed by atoms with E-state index in [1.807, 2.05) is 30.2 Å². The molecule has 0 spiro atoms. The first-order chi connectivity index (χ1) is 8.33. The molecule has 92 valence electrons. The Morgan fingerprint density at radius 3 is 3.00 bits per heavy atom. The van der Waals surface area contributed by atoms with Gasteiger partial charge in [0.15, 0.2) is 5.82 Å². The molecule has 0 saturated heterocycles. The van der Waals surface area contributed by atoms with Gasteiger partial charge in [-0.25, -0.2) is 9.97 Å². The van der Waals surface area contributed by atoms with Gasteiger partial charge in [-0.05, 0) is 18.9 Å². The van der Waals surface area contributed by atoms with Gasteiger partial charge in [0, 0.05) is 25.7 Å². The number of nitrogens with zero attached hydrogens (tertiary/aromatic N) is 3. The molecule has 0 radical (unpaired) electrons. The number of anilines is 1. The maximum Gasteiger partial charge on any atom is 0.154 e. The van der Waals surface area contributed by atoms with Crippen LogP contribution in [0.25, 0.3) is 11.0 Å². The van der Waals surface area contributed by atoms with Gasteiger partial charge in [-0.1, -0.05) is 6.42 Å². The van der Waals surface area contributed by atoms with E-state index < -0.39 is 0 Å². The highest BCUT2D eigenvalue weighted by atomic mass is 35.5. The molecule has 0 unspecified atom stereocenters. The van der Waals surface area contributed by atoms with Crippen LogP contribution in [-0.2, 0) is 7.05 Å². The summed E-state index contributed by atoms with van der Waals surface area (Å²) in [4.78, 5) is 8.68. The van der Waals surface area contributed by atoms with E-state index in [0.717, 1.165) is 48.5 Å². The number of nitrogens with one attached hydrogen (secondary N) is 1. The standard InChI is InChI=1S/C12H17ClN4/c1-17-9-16-11-10(17)5-8-15-12(11)14-7-4-2-3-6-13/h5,8-9H,2-4,6-7H2,1H3,(H,14,15). The van der Waals surface area contributed by atoms with E-state index in [9.17, 15) is 0 Å². The Morgan fingerprint density at radius 2 is 2.18 bits per heavy atom. The Hall–Kier alpha value is -1.29. The summed E-state index contributed by atoms with van der Waals surface area (Å²) < 4.78 is 2.00. The Bertz CT molecular complexity index is 480. The van der Waals surface area contributed by atoms with E-state index in [2.05, 4.69) is 15.3 Å². The SMILES string of the molecule is Cn1cnc2c(NCCCCCCl)nccc21. The predicted molar refractivity (Wildman–Crippen MR) is 71.6 cm³/mol. The molecule has 1 N–H and O–H groups in total. The average Bonchev–Trinajstić information content (AvgIpc) is 2.72. The first-order valence-corrected chi connectivity index (χ1v) is 6.42. The number of unbranched alkanes of at least 4 members (excludes halogenated alkanes) is 2. The Balaban J connectivity index is 1.99. The highest BCUT2D eigenvalue weighted by Crippen LogP contribution is 2.18. The summed E-state index contributed by atoms with van der Waals surface area (Å²) in [5, 5.41) is 3.33. The second-order valence-electron chi connectivity index (χ2n) is 4.06. The van der Waals surface area contributed by atoms with Crippen molar-refractivity contribution in [2.45, 2.75) is 19.3 Å². The second-order valence-corrected chi connectivity index (χ2v) is 4.44. The van der Waals surface area contributed by atoms with E-state index in [0.29, 0.717) is 0 Å². The summed E-state index contributed by atoms with van der Waals surface area (Å²) in [7, 11) is 1.99. The molecule has 2 aromatic rings. The molecule has 2 aromatic heterocycles.